The first-order valence-electron chi connectivity index (χ1n) is 10.2. The first-order chi connectivity index (χ1) is 14.3. The first-order valence-corrected chi connectivity index (χ1v) is 10.2. The third-order valence-corrected chi connectivity index (χ3v) is 5.82. The summed E-state index contributed by atoms with van der Waals surface area (Å²) in [6, 6.07) is 16.4. The Bertz CT molecular complexity index is 1110. The molecule has 0 aliphatic carbocycles. The van der Waals surface area contributed by atoms with Crippen molar-refractivity contribution in [2.24, 2.45) is 0 Å². The van der Waals surface area contributed by atoms with Crippen molar-refractivity contribution in [2.75, 3.05) is 11.9 Å². The molecule has 154 valence electrons. The number of benzene rings is 2. The van der Waals surface area contributed by atoms with E-state index in [1.54, 1.807) is 6.08 Å². The minimum atomic E-state index is -0.236. The highest BCUT2D eigenvalue weighted by molar-refractivity contribution is 5.92. The van der Waals surface area contributed by atoms with Gasteiger partial charge < -0.3 is 4.90 Å². The molecule has 30 heavy (non-hydrogen) atoms. The van der Waals surface area contributed by atoms with Crippen molar-refractivity contribution in [3.8, 4) is 11.4 Å². The summed E-state index contributed by atoms with van der Waals surface area (Å²) >= 11 is 0. The number of likely N-dealkylation sites (N-methyl/N-ethyl adjacent to an activating group) is 1. The maximum absolute atomic E-state index is 12.8. The highest BCUT2D eigenvalue weighted by atomic mass is 16.1. The predicted molar refractivity (Wildman–Crippen MR) is 118 cm³/mol. The molecule has 1 aliphatic heterocycles. The van der Waals surface area contributed by atoms with E-state index >= 15 is 0 Å². The van der Waals surface area contributed by atoms with E-state index < -0.39 is 0 Å². The smallest absolute Gasteiger partial charge is 0.204 e. The second-order valence-electron chi connectivity index (χ2n) is 8.62. The quantitative estimate of drug-likeness (QED) is 0.595. The number of hydrogen-bond donors (Lipinski definition) is 0. The molecule has 0 bridgehead atoms. The lowest BCUT2D eigenvalue weighted by Crippen LogP contribution is -2.25. The number of tetrazole rings is 1. The van der Waals surface area contributed by atoms with Gasteiger partial charge in [0, 0.05) is 35.5 Å². The fourth-order valence-electron chi connectivity index (χ4n) is 4.04. The van der Waals surface area contributed by atoms with Gasteiger partial charge in [-0.2, -0.15) is 4.80 Å². The van der Waals surface area contributed by atoms with E-state index in [0.717, 1.165) is 16.9 Å². The van der Waals surface area contributed by atoms with Crippen LogP contribution in [0.3, 0.4) is 0 Å². The summed E-state index contributed by atoms with van der Waals surface area (Å²) in [6.07, 6.45) is 1.71. The molecule has 6 nitrogen and oxygen atoms in total. The number of anilines is 1. The molecular weight excluding hydrogens is 374 g/mol. The third kappa shape index (κ3) is 3.54. The lowest BCUT2D eigenvalue weighted by Gasteiger charge is -2.23. The molecule has 0 saturated carbocycles. The van der Waals surface area contributed by atoms with Gasteiger partial charge in [-0.1, -0.05) is 70.2 Å². The molecule has 1 aliphatic rings. The number of ketones is 1. The van der Waals surface area contributed by atoms with E-state index in [2.05, 4.69) is 72.3 Å². The molecular formula is C24H27N5O. The van der Waals surface area contributed by atoms with E-state index in [1.165, 1.54) is 15.9 Å². The van der Waals surface area contributed by atoms with Crippen LogP contribution in [0.15, 0.2) is 60.3 Å². The second-order valence-corrected chi connectivity index (χ2v) is 8.62. The number of hydrogen-bond acceptors (Lipinski definition) is 5. The minimum Gasteiger partial charge on any atom is -0.347 e. The first kappa shape index (κ1) is 20.0. The van der Waals surface area contributed by atoms with Gasteiger partial charge in [0.15, 0.2) is 5.78 Å². The Morgan fingerprint density at radius 2 is 1.80 bits per heavy atom. The van der Waals surface area contributed by atoms with Crippen molar-refractivity contribution in [1.29, 1.82) is 0 Å². The molecule has 0 saturated heterocycles. The highest BCUT2D eigenvalue weighted by Crippen LogP contribution is 2.46. The third-order valence-electron chi connectivity index (χ3n) is 5.82. The molecule has 0 N–H and O–H groups in total. The van der Waals surface area contributed by atoms with Crippen LogP contribution in [0.1, 0.15) is 44.7 Å². The number of aromatic nitrogens is 4. The number of allylic oxidation sites excluding steroid dienone is 2. The fourth-order valence-corrected chi connectivity index (χ4v) is 4.04. The van der Waals surface area contributed by atoms with Crippen LogP contribution in [0.4, 0.5) is 5.69 Å². The van der Waals surface area contributed by atoms with Crippen molar-refractivity contribution in [1.82, 2.24) is 20.2 Å². The number of rotatable bonds is 5. The largest absolute Gasteiger partial charge is 0.347 e. The van der Waals surface area contributed by atoms with Crippen molar-refractivity contribution in [2.45, 2.75) is 45.6 Å². The van der Waals surface area contributed by atoms with Crippen LogP contribution in [0.25, 0.3) is 11.4 Å². The molecule has 4 rings (SSSR count). The molecule has 2 heterocycles. The van der Waals surface area contributed by atoms with Gasteiger partial charge in [-0.15, -0.1) is 10.2 Å². The fraction of sp³-hybridized carbons (Fsp3) is 0.333. The molecule has 0 fully saturated rings. The van der Waals surface area contributed by atoms with Gasteiger partial charge >= 0.3 is 0 Å². The van der Waals surface area contributed by atoms with Crippen LogP contribution in [0.5, 0.6) is 0 Å². The molecule has 2 aromatic carbocycles. The van der Waals surface area contributed by atoms with Crippen molar-refractivity contribution in [3.05, 3.63) is 71.4 Å². The van der Waals surface area contributed by atoms with E-state index in [4.69, 9.17) is 0 Å². The van der Waals surface area contributed by atoms with Gasteiger partial charge in [0.1, 0.15) is 6.54 Å². The average molecular weight is 402 g/mol. The molecule has 0 radical (unpaired) electrons. The van der Waals surface area contributed by atoms with Gasteiger partial charge in [0.05, 0.1) is 0 Å². The number of fused-ring (bicyclic) bond motifs is 1. The Kier molecular flexibility index (Phi) is 5.02. The Balaban J connectivity index is 1.51. The maximum Gasteiger partial charge on any atom is 0.204 e. The Morgan fingerprint density at radius 1 is 1.10 bits per heavy atom. The monoisotopic (exact) mass is 401 g/mol. The topological polar surface area (TPSA) is 63.9 Å². The summed E-state index contributed by atoms with van der Waals surface area (Å²) in [5, 5.41) is 12.6. The zero-order chi connectivity index (χ0) is 21.5. The normalized spacial score (nSPS) is 16.3. The lowest BCUT2D eigenvalue weighted by atomic mass is 9.83. The van der Waals surface area contributed by atoms with Gasteiger partial charge in [0.2, 0.25) is 5.82 Å². The van der Waals surface area contributed by atoms with Gasteiger partial charge in [-0.3, -0.25) is 4.79 Å². The molecule has 1 aromatic heterocycles. The lowest BCUT2D eigenvalue weighted by molar-refractivity contribution is -0.115. The molecule has 3 aromatic rings. The summed E-state index contributed by atoms with van der Waals surface area (Å²) in [6.45, 7) is 8.65. The number of carbonyl (C=O) groups excluding carboxylic acids is 1. The second kappa shape index (κ2) is 7.52. The standard InChI is InChI=1S/C24H27N5O/c1-16(2)17-10-12-18(13-11-17)23-25-27-29(26-23)15-19(30)14-22-24(3,4)20-8-6-7-9-21(20)28(22)5/h6-14,16H,15H2,1-5H3. The maximum atomic E-state index is 12.8. The van der Waals surface area contributed by atoms with Crippen LogP contribution in [0.2, 0.25) is 0 Å². The van der Waals surface area contributed by atoms with Crippen molar-refractivity contribution < 1.29 is 4.79 Å². The zero-order valence-corrected chi connectivity index (χ0v) is 18.1. The Hall–Kier alpha value is -3.28. The Labute approximate surface area is 177 Å². The van der Waals surface area contributed by atoms with Crippen molar-refractivity contribution >= 4 is 11.5 Å². The Morgan fingerprint density at radius 3 is 2.47 bits per heavy atom. The van der Waals surface area contributed by atoms with Gasteiger partial charge in [-0.25, -0.2) is 0 Å². The summed E-state index contributed by atoms with van der Waals surface area (Å²) < 4.78 is 0. The summed E-state index contributed by atoms with van der Waals surface area (Å²) in [7, 11) is 2.00. The average Bonchev–Trinajstić information content (AvgIpc) is 3.26. The predicted octanol–water partition coefficient (Wildman–Crippen LogP) is 4.34. The van der Waals surface area contributed by atoms with Crippen LogP contribution in [-0.4, -0.2) is 33.0 Å². The zero-order valence-electron chi connectivity index (χ0n) is 18.1. The van der Waals surface area contributed by atoms with E-state index in [-0.39, 0.29) is 17.7 Å². The summed E-state index contributed by atoms with van der Waals surface area (Å²) in [5.41, 5.74) is 5.24. The number of para-hydroxylation sites is 1. The molecule has 6 heteroatoms. The van der Waals surface area contributed by atoms with Crippen LogP contribution < -0.4 is 4.90 Å². The number of nitrogens with zero attached hydrogens (tertiary/aromatic N) is 5. The molecule has 0 amide bonds. The molecule has 0 unspecified atom stereocenters. The van der Waals surface area contributed by atoms with Gasteiger partial charge in [0.25, 0.3) is 0 Å². The van der Waals surface area contributed by atoms with E-state index in [0.29, 0.717) is 11.7 Å². The summed E-state index contributed by atoms with van der Waals surface area (Å²) in [5.74, 6) is 0.936. The van der Waals surface area contributed by atoms with Crippen LogP contribution >= 0.6 is 0 Å². The summed E-state index contributed by atoms with van der Waals surface area (Å²) in [4.78, 5) is 16.2. The van der Waals surface area contributed by atoms with Crippen LogP contribution in [-0.2, 0) is 16.8 Å². The van der Waals surface area contributed by atoms with Gasteiger partial charge in [-0.05, 0) is 28.3 Å². The minimum absolute atomic E-state index is 0.0564. The van der Waals surface area contributed by atoms with Crippen LogP contribution in [0, 0.1) is 0 Å². The molecule has 0 atom stereocenters. The molecule has 0 spiro atoms. The SMILES string of the molecule is CC(C)c1ccc(-c2nnn(CC(=O)C=C3N(C)c4ccccc4C3(C)C)n2)cc1. The number of carbonyl (C=O) groups is 1. The van der Waals surface area contributed by atoms with E-state index in [1.807, 2.05) is 31.3 Å². The van der Waals surface area contributed by atoms with Crippen molar-refractivity contribution in [3.63, 3.8) is 0 Å². The highest BCUT2D eigenvalue weighted by Gasteiger charge is 2.38. The van der Waals surface area contributed by atoms with E-state index in [9.17, 15) is 4.79 Å².